The first-order chi connectivity index (χ1) is 12.2. The minimum absolute atomic E-state index is 0.544. The average molecular weight is 353 g/mol. The Kier molecular flexibility index (Phi) is 4.26. The van der Waals surface area contributed by atoms with E-state index in [1.165, 1.54) is 11.9 Å². The summed E-state index contributed by atoms with van der Waals surface area (Å²) in [4.78, 5) is 10.1. The highest BCUT2D eigenvalue weighted by Crippen LogP contribution is 2.33. The molecule has 1 aliphatic rings. The van der Waals surface area contributed by atoms with E-state index in [1.54, 1.807) is 11.0 Å². The summed E-state index contributed by atoms with van der Waals surface area (Å²) in [5.74, 6) is 0. The van der Waals surface area contributed by atoms with Crippen molar-refractivity contribution in [2.24, 2.45) is 0 Å². The van der Waals surface area contributed by atoms with E-state index in [9.17, 15) is 0 Å². The van der Waals surface area contributed by atoms with Gasteiger partial charge in [-0.2, -0.15) is 5.10 Å². The summed E-state index contributed by atoms with van der Waals surface area (Å²) in [5, 5.41) is 4.91. The fourth-order valence-electron chi connectivity index (χ4n) is 3.04. The van der Waals surface area contributed by atoms with Gasteiger partial charge in [0.25, 0.3) is 0 Å². The van der Waals surface area contributed by atoms with Gasteiger partial charge in [-0.3, -0.25) is 10.3 Å². The van der Waals surface area contributed by atoms with Crippen molar-refractivity contribution in [1.82, 2.24) is 20.2 Å². The highest BCUT2D eigenvalue weighted by atomic mass is 35.5. The Balaban J connectivity index is 1.70. The lowest BCUT2D eigenvalue weighted by Crippen LogP contribution is -2.37. The van der Waals surface area contributed by atoms with E-state index in [4.69, 9.17) is 16.4 Å². The SMILES string of the molecule is Clc1ccccc1C1=CC(Cc2ccccc2)(Cn2cncn2)ON1. The molecule has 0 bridgehead atoms. The van der Waals surface area contributed by atoms with Gasteiger partial charge >= 0.3 is 0 Å². The predicted octanol–water partition coefficient (Wildman–Crippen LogP) is 3.49. The number of nitrogens with one attached hydrogen (secondary N) is 1. The Morgan fingerprint density at radius 2 is 1.88 bits per heavy atom. The van der Waals surface area contributed by atoms with Crippen LogP contribution in [0.5, 0.6) is 0 Å². The molecular weight excluding hydrogens is 336 g/mol. The predicted molar refractivity (Wildman–Crippen MR) is 96.5 cm³/mol. The van der Waals surface area contributed by atoms with Crippen LogP contribution in [0.4, 0.5) is 0 Å². The second-order valence-electron chi connectivity index (χ2n) is 6.06. The molecule has 0 radical (unpaired) electrons. The van der Waals surface area contributed by atoms with E-state index in [0.29, 0.717) is 18.0 Å². The number of hydrogen-bond donors (Lipinski definition) is 1. The summed E-state index contributed by atoms with van der Waals surface area (Å²) < 4.78 is 1.77. The van der Waals surface area contributed by atoms with Gasteiger partial charge in [0.2, 0.25) is 0 Å². The number of halogens is 1. The van der Waals surface area contributed by atoms with Crippen LogP contribution in [0.2, 0.25) is 5.02 Å². The van der Waals surface area contributed by atoms with E-state index in [-0.39, 0.29) is 0 Å². The van der Waals surface area contributed by atoms with E-state index < -0.39 is 5.60 Å². The van der Waals surface area contributed by atoms with Gasteiger partial charge in [-0.25, -0.2) is 9.67 Å². The molecule has 0 fully saturated rings. The lowest BCUT2D eigenvalue weighted by molar-refractivity contribution is -0.0462. The summed E-state index contributed by atoms with van der Waals surface area (Å²) in [6.45, 7) is 0.544. The third kappa shape index (κ3) is 3.43. The molecule has 0 saturated carbocycles. The molecule has 0 spiro atoms. The first kappa shape index (κ1) is 15.9. The van der Waals surface area contributed by atoms with Crippen LogP contribution < -0.4 is 5.48 Å². The average Bonchev–Trinajstić information content (AvgIpc) is 3.27. The van der Waals surface area contributed by atoms with Crippen molar-refractivity contribution >= 4 is 17.3 Å². The molecule has 2 aromatic carbocycles. The van der Waals surface area contributed by atoms with E-state index in [2.05, 4.69) is 33.8 Å². The minimum Gasteiger partial charge on any atom is -0.266 e. The molecule has 1 aliphatic heterocycles. The summed E-state index contributed by atoms with van der Waals surface area (Å²) >= 11 is 6.34. The Bertz CT molecular complexity index is 879. The molecule has 3 aromatic rings. The van der Waals surface area contributed by atoms with Crippen LogP contribution in [0.3, 0.4) is 0 Å². The van der Waals surface area contributed by atoms with Gasteiger partial charge in [-0.05, 0) is 17.7 Å². The van der Waals surface area contributed by atoms with Crippen molar-refractivity contribution < 1.29 is 4.84 Å². The molecule has 25 heavy (non-hydrogen) atoms. The molecule has 1 unspecified atom stereocenters. The van der Waals surface area contributed by atoms with Crippen molar-refractivity contribution in [3.8, 4) is 0 Å². The van der Waals surface area contributed by atoms with Crippen molar-refractivity contribution in [3.63, 3.8) is 0 Å². The zero-order valence-electron chi connectivity index (χ0n) is 13.5. The standard InChI is InChI=1S/C19H17ClN4O/c20-17-9-5-4-8-16(17)18-11-19(25-23-18,12-24-14-21-13-22-24)10-15-6-2-1-3-7-15/h1-9,11,13-14,23H,10,12H2. The van der Waals surface area contributed by atoms with Gasteiger partial charge in [0.05, 0.1) is 12.2 Å². The highest BCUT2D eigenvalue weighted by Gasteiger charge is 2.37. The van der Waals surface area contributed by atoms with Crippen molar-refractivity contribution in [3.05, 3.63) is 89.5 Å². The number of hydrogen-bond acceptors (Lipinski definition) is 4. The van der Waals surface area contributed by atoms with Crippen LogP contribution in [0.25, 0.3) is 5.70 Å². The van der Waals surface area contributed by atoms with E-state index in [0.717, 1.165) is 11.3 Å². The third-order valence-electron chi connectivity index (χ3n) is 4.18. The molecule has 5 nitrogen and oxygen atoms in total. The largest absolute Gasteiger partial charge is 0.266 e. The van der Waals surface area contributed by atoms with E-state index in [1.807, 2.05) is 42.5 Å². The quantitative estimate of drug-likeness (QED) is 0.763. The Morgan fingerprint density at radius 1 is 1.08 bits per heavy atom. The number of rotatable bonds is 5. The molecule has 1 atom stereocenters. The summed E-state index contributed by atoms with van der Waals surface area (Å²) in [6.07, 6.45) is 6.01. The Morgan fingerprint density at radius 3 is 2.64 bits per heavy atom. The van der Waals surface area contributed by atoms with E-state index >= 15 is 0 Å². The molecule has 4 rings (SSSR count). The maximum atomic E-state index is 6.34. The zero-order chi connectivity index (χ0) is 17.1. The minimum atomic E-state index is -0.580. The van der Waals surface area contributed by atoms with Crippen LogP contribution in [0.15, 0.2) is 73.3 Å². The van der Waals surface area contributed by atoms with Gasteiger partial charge in [-0.1, -0.05) is 60.1 Å². The zero-order valence-corrected chi connectivity index (χ0v) is 14.2. The molecule has 2 heterocycles. The smallest absolute Gasteiger partial charge is 0.140 e. The van der Waals surface area contributed by atoms with Crippen LogP contribution in [-0.2, 0) is 17.8 Å². The second kappa shape index (κ2) is 6.70. The Labute approximate surface area is 150 Å². The second-order valence-corrected chi connectivity index (χ2v) is 6.47. The normalized spacial score (nSPS) is 19.5. The van der Waals surface area contributed by atoms with Crippen molar-refractivity contribution in [1.29, 1.82) is 0 Å². The third-order valence-corrected chi connectivity index (χ3v) is 4.51. The van der Waals surface area contributed by atoms with Crippen molar-refractivity contribution in [2.45, 2.75) is 18.6 Å². The summed E-state index contributed by atoms with van der Waals surface area (Å²) in [7, 11) is 0. The molecular formula is C19H17ClN4O. The van der Waals surface area contributed by atoms with Gasteiger partial charge < -0.3 is 0 Å². The maximum absolute atomic E-state index is 6.34. The van der Waals surface area contributed by atoms with Gasteiger partial charge in [0, 0.05) is 17.0 Å². The summed E-state index contributed by atoms with van der Waals surface area (Å²) in [6, 6.07) is 18.0. The number of nitrogens with zero attached hydrogens (tertiary/aromatic N) is 3. The van der Waals surface area contributed by atoms with Crippen LogP contribution in [0.1, 0.15) is 11.1 Å². The van der Waals surface area contributed by atoms with Crippen LogP contribution >= 0.6 is 11.6 Å². The topological polar surface area (TPSA) is 52.0 Å². The number of benzene rings is 2. The monoisotopic (exact) mass is 352 g/mol. The molecule has 126 valence electrons. The molecule has 1 aromatic heterocycles. The molecule has 0 amide bonds. The van der Waals surface area contributed by atoms with Gasteiger partial charge in [-0.15, -0.1) is 0 Å². The van der Waals surface area contributed by atoms with Crippen LogP contribution in [-0.4, -0.2) is 20.4 Å². The molecule has 1 N–H and O–H groups in total. The molecule has 0 aliphatic carbocycles. The first-order valence-corrected chi connectivity index (χ1v) is 8.40. The fraction of sp³-hybridized carbons (Fsp3) is 0.158. The lowest BCUT2D eigenvalue weighted by atomic mass is 9.93. The van der Waals surface area contributed by atoms with Gasteiger partial charge in [0.1, 0.15) is 18.3 Å². The summed E-state index contributed by atoms with van der Waals surface area (Å²) in [5.41, 5.74) is 5.43. The number of hydroxylamine groups is 1. The van der Waals surface area contributed by atoms with Gasteiger partial charge in [0.15, 0.2) is 0 Å². The molecule has 0 saturated heterocycles. The first-order valence-electron chi connectivity index (χ1n) is 8.02. The van der Waals surface area contributed by atoms with Crippen LogP contribution in [0, 0.1) is 0 Å². The lowest BCUT2D eigenvalue weighted by Gasteiger charge is -2.25. The fourth-order valence-corrected chi connectivity index (χ4v) is 3.28. The highest BCUT2D eigenvalue weighted by molar-refractivity contribution is 6.32. The maximum Gasteiger partial charge on any atom is 0.140 e. The number of aromatic nitrogens is 3. The Hall–Kier alpha value is -2.63. The van der Waals surface area contributed by atoms with Crippen molar-refractivity contribution in [2.75, 3.05) is 0 Å². The molecule has 6 heteroatoms.